The van der Waals surface area contributed by atoms with Crippen molar-refractivity contribution in [2.45, 2.75) is 266 Å². The fraction of sp³-hybridized carbons (Fsp3) is 0.800. The van der Waals surface area contributed by atoms with Crippen molar-refractivity contribution < 1.29 is 189 Å². The van der Waals surface area contributed by atoms with Crippen LogP contribution in [0, 0.1) is 41.5 Å². The summed E-state index contributed by atoms with van der Waals surface area (Å²) in [7, 11) is -10.2. The number of aliphatic hydroxyl groups is 19. The van der Waals surface area contributed by atoms with Crippen LogP contribution in [0.3, 0.4) is 0 Å². The molecular weight excluding hydrogens is 1410 g/mol. The van der Waals surface area contributed by atoms with Gasteiger partial charge in [-0.2, -0.15) is 16.8 Å². The molecule has 0 radical (unpaired) electrons. The Hall–Kier alpha value is -3.06. The maximum atomic E-state index is 14.5. The number of aryl methyl sites for hydroxylation is 6. The lowest BCUT2D eigenvalue weighted by atomic mass is 9.95. The van der Waals surface area contributed by atoms with Gasteiger partial charge in [0.2, 0.25) is 0 Å². The first kappa shape index (κ1) is 80.5. The highest BCUT2D eigenvalue weighted by molar-refractivity contribution is 7.87. The van der Waals surface area contributed by atoms with Crippen LogP contribution in [-0.4, -0.2) is 375 Å². The van der Waals surface area contributed by atoms with Gasteiger partial charge in [-0.25, -0.2) is 0 Å². The van der Waals surface area contributed by atoms with E-state index in [0.717, 1.165) is 0 Å². The summed E-state index contributed by atoms with van der Waals surface area (Å²) in [6, 6.07) is 5.93. The summed E-state index contributed by atoms with van der Waals surface area (Å²) in [6.07, 6.45) is -76.7. The molecule has 0 aliphatic carbocycles. The predicted molar refractivity (Wildman–Crippen MR) is 322 cm³/mol. The Kier molecular flexibility index (Phi) is 26.1. The quantitative estimate of drug-likeness (QED) is 0.0828. The van der Waals surface area contributed by atoms with E-state index in [-0.39, 0.29) is 22.3 Å². The zero-order valence-corrected chi connectivity index (χ0v) is 56.6. The van der Waals surface area contributed by atoms with E-state index in [9.17, 15) is 114 Å². The summed E-state index contributed by atoms with van der Waals surface area (Å²) >= 11 is 0. The molecule has 15 aliphatic rings. The Bertz CT molecular complexity index is 3180. The third-order valence-corrected chi connectivity index (χ3v) is 22.2. The Balaban J connectivity index is 1.02. The van der Waals surface area contributed by atoms with Crippen molar-refractivity contribution in [1.29, 1.82) is 0 Å². The van der Waals surface area contributed by atoms with E-state index in [1.54, 1.807) is 13.8 Å². The first-order valence-electron chi connectivity index (χ1n) is 32.3. The Morgan fingerprint density at radius 3 is 0.624 bits per heavy atom. The minimum atomic E-state index is -5.12. The lowest BCUT2D eigenvalue weighted by Crippen LogP contribution is -2.68. The number of rotatable bonds is 13. The van der Waals surface area contributed by atoms with E-state index in [2.05, 4.69) is 0 Å². The monoisotopic (exact) mass is 1500 g/mol. The van der Waals surface area contributed by atoms with Crippen molar-refractivity contribution in [3.8, 4) is 0 Å². The van der Waals surface area contributed by atoms with Crippen molar-refractivity contribution in [3.05, 3.63) is 57.6 Å². The third kappa shape index (κ3) is 16.1. The largest absolute Gasteiger partial charge is 0.394 e. The molecule has 17 rings (SSSR count). The maximum absolute atomic E-state index is 14.5. The maximum Gasteiger partial charge on any atom is 0.298 e. The molecule has 0 amide bonds. The zero-order chi connectivity index (χ0) is 73.9. The van der Waals surface area contributed by atoms with Crippen molar-refractivity contribution in [2.24, 2.45) is 0 Å². The molecule has 15 heterocycles. The SMILES string of the molecule is Cc1cc(C)c(S(=O)(=O)O[C@H]2[C@H]3O[C@H]4[C@H](O)[C@@H](O)[C@@H](O[C@H]5[C@H](O)[C@@H](O)[C@@H](O[C@H]6[C@H](O)[C@@H](OS(=O)(=O)c7c(C)cc(C)cc7C)[C@@H](O[C@H]7[C@H](O)[C@@H](O)[C@@H](O[C@H]8[C@H](O)[C@@H](O)[C@@H](O[C@H]9[C@H](O)[C@H](O)[C@@H](O[C@@H]([C@@H]2O)[C@@H](CO)O3)O[C@@H]9CO)O[C@@H]8CO)O[C@@H]7CO)O[C@@H]6CO)O[C@@H]5CO)O[C@@H]4CO)c(C)c1. The summed E-state index contributed by atoms with van der Waals surface area (Å²) < 4.78 is 152. The van der Waals surface area contributed by atoms with Crippen LogP contribution in [0.15, 0.2) is 34.1 Å². The summed E-state index contributed by atoms with van der Waals surface area (Å²) in [5.74, 6) is 0. The van der Waals surface area contributed by atoms with Crippen molar-refractivity contribution in [3.63, 3.8) is 0 Å². The average molecular weight is 1500 g/mol. The molecule has 101 heavy (non-hydrogen) atoms. The molecule has 0 saturated carbocycles. The Morgan fingerprint density at radius 2 is 0.436 bits per heavy atom. The molecular formula is C60H90O39S2. The molecule has 14 bridgehead atoms. The van der Waals surface area contributed by atoms with Gasteiger partial charge in [0.1, 0.15) is 159 Å². The van der Waals surface area contributed by atoms with Crippen LogP contribution in [0.25, 0.3) is 0 Å². The number of fused-ring (bicyclic) bond motifs is 7. The normalized spacial score (nSPS) is 45.3. The smallest absolute Gasteiger partial charge is 0.298 e. The van der Waals surface area contributed by atoms with Crippen molar-refractivity contribution in [2.75, 3.05) is 46.2 Å². The number of aliphatic hydroxyl groups excluding tert-OH is 19. The Labute approximate surface area is 577 Å². The molecule has 0 spiro atoms. The summed E-state index contributed by atoms with van der Waals surface area (Å²) in [5, 5.41) is 217. The van der Waals surface area contributed by atoms with Crippen molar-refractivity contribution in [1.82, 2.24) is 0 Å². The summed E-state index contributed by atoms with van der Waals surface area (Å²) in [6.45, 7) is 0.831. The van der Waals surface area contributed by atoms with Gasteiger partial charge < -0.3 is 163 Å². The number of ether oxygens (including phenoxy) is 14. The van der Waals surface area contributed by atoms with Crippen LogP contribution in [0.1, 0.15) is 33.4 Å². The first-order valence-corrected chi connectivity index (χ1v) is 35.1. The molecule has 15 saturated heterocycles. The molecule has 15 fully saturated rings. The van der Waals surface area contributed by atoms with Crippen LogP contribution >= 0.6 is 0 Å². The lowest BCUT2D eigenvalue weighted by Gasteiger charge is -2.50. The van der Waals surface area contributed by atoms with Crippen LogP contribution in [0.5, 0.6) is 0 Å². The van der Waals surface area contributed by atoms with Gasteiger partial charge in [-0.1, -0.05) is 35.4 Å². The van der Waals surface area contributed by atoms with Crippen LogP contribution in [0.4, 0.5) is 0 Å². The number of hydrogen-bond donors (Lipinski definition) is 19. The molecule has 15 aliphatic heterocycles. The molecule has 19 N–H and O–H groups in total. The topological polar surface area (TPSA) is 600 Å². The van der Waals surface area contributed by atoms with Crippen molar-refractivity contribution >= 4 is 20.2 Å². The summed E-state index contributed by atoms with van der Waals surface area (Å²) in [4.78, 5) is -0.857. The molecule has 35 atom stereocenters. The zero-order valence-electron chi connectivity index (χ0n) is 54.9. The molecule has 576 valence electrons. The van der Waals surface area contributed by atoms with Crippen LogP contribution in [-0.2, 0) is 94.9 Å². The first-order chi connectivity index (χ1) is 47.7. The second-order valence-corrected chi connectivity index (χ2v) is 29.2. The summed E-state index contributed by atoms with van der Waals surface area (Å²) in [5.41, 5.74) is 1.77. The van der Waals surface area contributed by atoms with Gasteiger partial charge in [-0.15, -0.1) is 0 Å². The molecule has 2 aromatic rings. The number of benzene rings is 2. The third-order valence-electron chi connectivity index (χ3n) is 18.9. The van der Waals surface area contributed by atoms with E-state index >= 15 is 0 Å². The predicted octanol–water partition coefficient (Wildman–Crippen LogP) is -10.6. The van der Waals surface area contributed by atoms with Gasteiger partial charge >= 0.3 is 0 Å². The second kappa shape index (κ2) is 32.8. The van der Waals surface area contributed by atoms with E-state index in [4.69, 9.17) is 74.7 Å². The molecule has 41 heteroatoms. The van der Waals surface area contributed by atoms with Crippen LogP contribution in [0.2, 0.25) is 0 Å². The second-order valence-electron chi connectivity index (χ2n) is 26.2. The van der Waals surface area contributed by atoms with Gasteiger partial charge in [-0.3, -0.25) is 8.37 Å². The van der Waals surface area contributed by atoms with Crippen LogP contribution < -0.4 is 0 Å². The Morgan fingerprint density at radius 1 is 0.267 bits per heavy atom. The fourth-order valence-corrected chi connectivity index (χ4v) is 17.1. The molecule has 0 unspecified atom stereocenters. The van der Waals surface area contributed by atoms with E-state index < -0.39 is 291 Å². The number of hydrogen-bond acceptors (Lipinski definition) is 39. The molecule has 0 aromatic heterocycles. The van der Waals surface area contributed by atoms with Gasteiger partial charge in [0.25, 0.3) is 20.2 Å². The fourth-order valence-electron chi connectivity index (χ4n) is 14.1. The van der Waals surface area contributed by atoms with E-state index in [1.165, 1.54) is 52.0 Å². The van der Waals surface area contributed by atoms with Gasteiger partial charge in [0.15, 0.2) is 56.2 Å². The highest BCUT2D eigenvalue weighted by Crippen LogP contribution is 2.42. The lowest BCUT2D eigenvalue weighted by molar-refractivity contribution is -0.395. The highest BCUT2D eigenvalue weighted by atomic mass is 32.2. The van der Waals surface area contributed by atoms with Gasteiger partial charge in [-0.05, 0) is 63.8 Å². The highest BCUT2D eigenvalue weighted by Gasteiger charge is 2.61. The van der Waals surface area contributed by atoms with Gasteiger partial charge in [0, 0.05) is 0 Å². The molecule has 2 aromatic carbocycles. The minimum absolute atomic E-state index is 0.134. The standard InChI is InChI=1S/C60H90O39S2/c1-18-7-20(3)52(21(4)8-18)100(80,81)98-50-41(78)48-29(16-66)89-60(50)97-47-28(15-65)88-56(40(77)35(47)72)93-45-26(13-63)86-58(38(75)33(45)70)95-49-30(17-67)90-59(51(42(49)79)99-101(82,83)53-22(5)9-19(2)10-23(53)6)96-46-27(14-64)87-55(39(76)34(46)71)92-43-24(11-61)84-54(36(73)31(43)68)91-44-25(12-62)85-57(94-48)37(74)32(44)69/h7-10,24-51,54-79H,11-17H2,1-6H3/t24-,25-,26-,27-,28-,29-,30-,31-,32-,33-,34-,35-,36-,37+,38-,39-,40-,41+,42+,43-,44-,45-,46-,47-,48-,49-,50-,51-,54-,55-,56-,57-,58-,59-,60-/m1/s1. The minimum Gasteiger partial charge on any atom is -0.394 e. The van der Waals surface area contributed by atoms with E-state index in [0.29, 0.717) is 11.1 Å². The van der Waals surface area contributed by atoms with E-state index in [1.807, 2.05) is 0 Å². The van der Waals surface area contributed by atoms with Gasteiger partial charge in [0.05, 0.1) is 56.0 Å². The molecule has 39 nitrogen and oxygen atoms in total. The average Bonchev–Trinajstić information content (AvgIpc) is 0.770.